The Morgan fingerprint density at radius 3 is 2.48 bits per heavy atom. The lowest BCUT2D eigenvalue weighted by Gasteiger charge is -2.26. The molecule has 170 valence electrons. The van der Waals surface area contributed by atoms with Crippen LogP contribution in [0.15, 0.2) is 48.8 Å². The van der Waals surface area contributed by atoms with Crippen LogP contribution in [0.4, 0.5) is 31.8 Å². The molecule has 0 radical (unpaired) electrons. The van der Waals surface area contributed by atoms with E-state index in [0.29, 0.717) is 24.6 Å². The Morgan fingerprint density at radius 2 is 1.82 bits per heavy atom. The third-order valence-corrected chi connectivity index (χ3v) is 5.33. The zero-order chi connectivity index (χ0) is 23.4. The molecule has 0 saturated carbocycles. The number of nitrogens with two attached hydrogens (primary N) is 1. The number of nitrogens with zero attached hydrogens (tertiary/aromatic N) is 3. The first kappa shape index (κ1) is 22.1. The second-order valence-corrected chi connectivity index (χ2v) is 7.56. The molecule has 0 spiro atoms. The van der Waals surface area contributed by atoms with Crippen molar-refractivity contribution in [3.05, 3.63) is 71.6 Å². The van der Waals surface area contributed by atoms with Gasteiger partial charge in [0.15, 0.2) is 0 Å². The van der Waals surface area contributed by atoms with Crippen LogP contribution in [0.3, 0.4) is 0 Å². The lowest BCUT2D eigenvalue weighted by Crippen LogP contribution is -2.35. The number of pyridine rings is 2. The standard InChI is InChI=1S/C23H22F2N6O2/c24-17-4-3-5-18(25)15(17)12-27-19-10-21(29-13-16(19)23(26)33)30-20-8-7-14(11-28-20)31-9-2-1-6-22(31)32/h3-5,7-8,10-11,13H,1-2,6,9,12H2,(H2,26,33)(H2,27,28,29,30). The molecule has 3 aromatic rings. The average Bonchev–Trinajstić information content (AvgIpc) is 2.80. The Labute approximate surface area is 188 Å². The minimum absolute atomic E-state index is 0.0733. The second-order valence-electron chi connectivity index (χ2n) is 7.56. The molecule has 33 heavy (non-hydrogen) atoms. The van der Waals surface area contributed by atoms with Gasteiger partial charge in [0.25, 0.3) is 5.91 Å². The maximum atomic E-state index is 13.9. The smallest absolute Gasteiger partial charge is 0.252 e. The van der Waals surface area contributed by atoms with E-state index in [1.54, 1.807) is 23.2 Å². The number of hydrogen-bond acceptors (Lipinski definition) is 6. The van der Waals surface area contributed by atoms with Gasteiger partial charge in [-0.15, -0.1) is 0 Å². The van der Waals surface area contributed by atoms with Crippen LogP contribution >= 0.6 is 0 Å². The largest absolute Gasteiger partial charge is 0.380 e. The number of rotatable bonds is 7. The highest BCUT2D eigenvalue weighted by molar-refractivity contribution is 5.98. The number of piperidine rings is 1. The summed E-state index contributed by atoms with van der Waals surface area (Å²) in [6, 6.07) is 8.58. The molecule has 8 nitrogen and oxygen atoms in total. The lowest BCUT2D eigenvalue weighted by molar-refractivity contribution is -0.119. The van der Waals surface area contributed by atoms with Gasteiger partial charge in [0.1, 0.15) is 23.3 Å². The van der Waals surface area contributed by atoms with Crippen LogP contribution in [-0.4, -0.2) is 28.3 Å². The van der Waals surface area contributed by atoms with E-state index in [9.17, 15) is 18.4 Å². The van der Waals surface area contributed by atoms with E-state index < -0.39 is 17.5 Å². The minimum atomic E-state index is -0.737. The van der Waals surface area contributed by atoms with E-state index in [1.807, 2.05) is 0 Å². The zero-order valence-corrected chi connectivity index (χ0v) is 17.6. The van der Waals surface area contributed by atoms with Crippen molar-refractivity contribution >= 4 is 34.8 Å². The van der Waals surface area contributed by atoms with Gasteiger partial charge in [-0.1, -0.05) is 6.07 Å². The number of nitrogens with one attached hydrogen (secondary N) is 2. The van der Waals surface area contributed by atoms with Crippen LogP contribution in [0.2, 0.25) is 0 Å². The number of carbonyl (C=O) groups is 2. The zero-order valence-electron chi connectivity index (χ0n) is 17.6. The number of anilines is 4. The molecule has 4 N–H and O–H groups in total. The predicted molar refractivity (Wildman–Crippen MR) is 120 cm³/mol. The molecule has 1 aromatic carbocycles. The van der Waals surface area contributed by atoms with Crippen LogP contribution in [0, 0.1) is 11.6 Å². The topological polar surface area (TPSA) is 113 Å². The van der Waals surface area contributed by atoms with Gasteiger partial charge in [0.05, 0.1) is 23.1 Å². The van der Waals surface area contributed by atoms with E-state index >= 15 is 0 Å². The van der Waals surface area contributed by atoms with Gasteiger partial charge in [-0.3, -0.25) is 9.59 Å². The fourth-order valence-electron chi connectivity index (χ4n) is 3.58. The van der Waals surface area contributed by atoms with Crippen LogP contribution in [0.5, 0.6) is 0 Å². The third kappa shape index (κ3) is 5.05. The van der Waals surface area contributed by atoms with Crippen molar-refractivity contribution in [3.63, 3.8) is 0 Å². The normalized spacial score (nSPS) is 13.6. The average molecular weight is 452 g/mol. The number of halogens is 2. The molecule has 1 aliphatic heterocycles. The summed E-state index contributed by atoms with van der Waals surface area (Å²) in [6.45, 7) is 0.472. The number of aromatic nitrogens is 2. The van der Waals surface area contributed by atoms with Crippen LogP contribution < -0.4 is 21.3 Å². The summed E-state index contributed by atoms with van der Waals surface area (Å²) in [4.78, 5) is 34.1. The van der Waals surface area contributed by atoms with Crippen molar-refractivity contribution in [1.82, 2.24) is 9.97 Å². The summed E-state index contributed by atoms with van der Waals surface area (Å²) in [5.74, 6) is -1.26. The fourth-order valence-corrected chi connectivity index (χ4v) is 3.58. The highest BCUT2D eigenvalue weighted by atomic mass is 19.1. The summed E-state index contributed by atoms with van der Waals surface area (Å²) in [7, 11) is 0. The van der Waals surface area contributed by atoms with E-state index in [4.69, 9.17) is 5.73 Å². The third-order valence-electron chi connectivity index (χ3n) is 5.33. The van der Waals surface area contributed by atoms with Crippen LogP contribution in [0.25, 0.3) is 0 Å². The van der Waals surface area contributed by atoms with Crippen molar-refractivity contribution in [2.24, 2.45) is 5.73 Å². The number of carbonyl (C=O) groups excluding carboxylic acids is 2. The Morgan fingerprint density at radius 1 is 1.06 bits per heavy atom. The summed E-state index contributed by atoms with van der Waals surface area (Å²) >= 11 is 0. The molecule has 1 aliphatic rings. The Bertz CT molecular complexity index is 1170. The molecule has 0 atom stereocenters. The Hall–Kier alpha value is -4.08. The molecule has 0 unspecified atom stereocenters. The van der Waals surface area contributed by atoms with Crippen molar-refractivity contribution in [2.75, 3.05) is 22.1 Å². The number of hydrogen-bond donors (Lipinski definition) is 3. The van der Waals surface area contributed by atoms with Gasteiger partial charge in [-0.2, -0.15) is 0 Å². The first-order chi connectivity index (χ1) is 15.9. The molecular formula is C23H22F2N6O2. The second kappa shape index (κ2) is 9.60. The van der Waals surface area contributed by atoms with Crippen LogP contribution in [-0.2, 0) is 11.3 Å². The molecule has 1 saturated heterocycles. The SMILES string of the molecule is NC(=O)c1cnc(Nc2ccc(N3CCCCC3=O)cn2)cc1NCc1c(F)cccc1F. The summed E-state index contributed by atoms with van der Waals surface area (Å²) in [6.07, 6.45) is 5.25. The van der Waals surface area contributed by atoms with Crippen molar-refractivity contribution < 1.29 is 18.4 Å². The minimum Gasteiger partial charge on any atom is -0.380 e. The molecule has 1 fully saturated rings. The van der Waals surface area contributed by atoms with Gasteiger partial charge in [0, 0.05) is 37.3 Å². The summed E-state index contributed by atoms with van der Waals surface area (Å²) in [5, 5.41) is 5.86. The monoisotopic (exact) mass is 452 g/mol. The maximum absolute atomic E-state index is 13.9. The van der Waals surface area contributed by atoms with Crippen molar-refractivity contribution in [3.8, 4) is 0 Å². The summed E-state index contributed by atoms with van der Waals surface area (Å²) < 4.78 is 27.9. The molecular weight excluding hydrogens is 430 g/mol. The number of primary amides is 1. The molecule has 2 amide bonds. The number of benzene rings is 1. The van der Waals surface area contributed by atoms with Gasteiger partial charge in [-0.25, -0.2) is 18.7 Å². The van der Waals surface area contributed by atoms with E-state index in [1.165, 1.54) is 18.3 Å². The Kier molecular flexibility index (Phi) is 6.43. The first-order valence-electron chi connectivity index (χ1n) is 10.4. The molecule has 2 aromatic heterocycles. The molecule has 4 rings (SSSR count). The summed E-state index contributed by atoms with van der Waals surface area (Å²) in [5.41, 5.74) is 6.30. The highest BCUT2D eigenvalue weighted by Crippen LogP contribution is 2.25. The first-order valence-corrected chi connectivity index (χ1v) is 10.4. The van der Waals surface area contributed by atoms with Gasteiger partial charge < -0.3 is 21.3 Å². The van der Waals surface area contributed by atoms with E-state index in [-0.39, 0.29) is 29.3 Å². The molecule has 0 bridgehead atoms. The van der Waals surface area contributed by atoms with Crippen molar-refractivity contribution in [1.29, 1.82) is 0 Å². The number of amides is 2. The van der Waals surface area contributed by atoms with Gasteiger partial charge in [0.2, 0.25) is 5.91 Å². The van der Waals surface area contributed by atoms with E-state index in [2.05, 4.69) is 20.6 Å². The molecule has 0 aliphatic carbocycles. The van der Waals surface area contributed by atoms with Gasteiger partial charge in [-0.05, 0) is 37.1 Å². The highest BCUT2D eigenvalue weighted by Gasteiger charge is 2.20. The van der Waals surface area contributed by atoms with Crippen LogP contribution in [0.1, 0.15) is 35.2 Å². The molecule has 10 heteroatoms. The van der Waals surface area contributed by atoms with E-state index in [0.717, 1.165) is 30.7 Å². The maximum Gasteiger partial charge on any atom is 0.252 e. The quantitative estimate of drug-likeness (QED) is 0.504. The lowest BCUT2D eigenvalue weighted by atomic mass is 10.1. The molecule has 3 heterocycles. The fraction of sp³-hybridized carbons (Fsp3) is 0.217. The van der Waals surface area contributed by atoms with Gasteiger partial charge >= 0.3 is 0 Å². The predicted octanol–water partition coefficient (Wildman–Crippen LogP) is 3.73. The van der Waals surface area contributed by atoms with Crippen molar-refractivity contribution in [2.45, 2.75) is 25.8 Å². The Balaban J connectivity index is 1.51.